The number of amides is 3. The Balaban J connectivity index is 1.66. The van der Waals surface area contributed by atoms with Crippen LogP contribution < -0.4 is 5.32 Å². The number of nitrogens with zero attached hydrogens (tertiary/aromatic N) is 3. The van der Waals surface area contributed by atoms with Crippen molar-refractivity contribution in [3.63, 3.8) is 0 Å². The maximum Gasteiger partial charge on any atom is 0.322 e. The molecular weight excluding hydrogens is 384 g/mol. The largest absolute Gasteiger partial charge is 0.337 e. The Labute approximate surface area is 168 Å². The highest BCUT2D eigenvalue weighted by Crippen LogP contribution is 2.19. The standard InChI is InChI=1S/C19H23ClN4O2S/c1-13(2)24(19(26)21-15-7-5-14(20)6-8-15)11-17-22-16(12-27-17)18(25)23-9-3-4-10-23/h5-8,12-13H,3-4,9-11H2,1-2H3,(H,21,26). The minimum atomic E-state index is -0.213. The van der Waals surface area contributed by atoms with Crippen LogP contribution in [0.15, 0.2) is 29.6 Å². The van der Waals surface area contributed by atoms with Gasteiger partial charge in [-0.1, -0.05) is 11.6 Å². The van der Waals surface area contributed by atoms with Gasteiger partial charge in [-0.05, 0) is 51.0 Å². The molecule has 1 aromatic carbocycles. The molecule has 0 atom stereocenters. The van der Waals surface area contributed by atoms with Crippen LogP contribution in [0, 0.1) is 0 Å². The van der Waals surface area contributed by atoms with E-state index in [-0.39, 0.29) is 18.0 Å². The number of likely N-dealkylation sites (tertiary alicyclic amines) is 1. The topological polar surface area (TPSA) is 65.5 Å². The molecule has 1 aliphatic heterocycles. The van der Waals surface area contributed by atoms with Crippen molar-refractivity contribution in [3.05, 3.63) is 45.4 Å². The number of carbonyl (C=O) groups excluding carboxylic acids is 2. The number of benzene rings is 1. The predicted molar refractivity (Wildman–Crippen MR) is 108 cm³/mol. The van der Waals surface area contributed by atoms with E-state index in [0.29, 0.717) is 22.9 Å². The minimum Gasteiger partial charge on any atom is -0.337 e. The number of aromatic nitrogens is 1. The van der Waals surface area contributed by atoms with Crippen molar-refractivity contribution in [2.45, 2.75) is 39.3 Å². The first-order valence-electron chi connectivity index (χ1n) is 9.01. The van der Waals surface area contributed by atoms with Crippen LogP contribution in [0.5, 0.6) is 0 Å². The molecule has 1 saturated heterocycles. The fourth-order valence-corrected chi connectivity index (χ4v) is 3.82. The maximum absolute atomic E-state index is 12.7. The Hall–Kier alpha value is -2.12. The zero-order valence-corrected chi connectivity index (χ0v) is 17.0. The van der Waals surface area contributed by atoms with Crippen molar-refractivity contribution >= 4 is 40.6 Å². The highest BCUT2D eigenvalue weighted by Gasteiger charge is 2.23. The van der Waals surface area contributed by atoms with E-state index < -0.39 is 0 Å². The number of thiazole rings is 1. The van der Waals surface area contributed by atoms with Gasteiger partial charge in [0.2, 0.25) is 0 Å². The van der Waals surface area contributed by atoms with Gasteiger partial charge in [-0.25, -0.2) is 9.78 Å². The summed E-state index contributed by atoms with van der Waals surface area (Å²) in [6.45, 7) is 5.85. The zero-order valence-electron chi connectivity index (χ0n) is 15.4. The fraction of sp³-hybridized carbons (Fsp3) is 0.421. The SMILES string of the molecule is CC(C)N(Cc1nc(C(=O)N2CCCC2)cs1)C(=O)Nc1ccc(Cl)cc1. The van der Waals surface area contributed by atoms with Crippen molar-refractivity contribution < 1.29 is 9.59 Å². The van der Waals surface area contributed by atoms with Crippen molar-refractivity contribution in [3.8, 4) is 0 Å². The van der Waals surface area contributed by atoms with Crippen molar-refractivity contribution in [1.82, 2.24) is 14.8 Å². The smallest absolute Gasteiger partial charge is 0.322 e. The Kier molecular flexibility index (Phi) is 6.34. The van der Waals surface area contributed by atoms with E-state index in [1.807, 2.05) is 18.7 Å². The van der Waals surface area contributed by atoms with Gasteiger partial charge in [0.15, 0.2) is 0 Å². The fourth-order valence-electron chi connectivity index (χ4n) is 2.93. The number of halogens is 1. The van der Waals surface area contributed by atoms with E-state index in [9.17, 15) is 9.59 Å². The van der Waals surface area contributed by atoms with Gasteiger partial charge in [-0.15, -0.1) is 11.3 Å². The molecule has 6 nitrogen and oxygen atoms in total. The average molecular weight is 407 g/mol. The molecule has 0 spiro atoms. The quantitative estimate of drug-likeness (QED) is 0.796. The summed E-state index contributed by atoms with van der Waals surface area (Å²) in [5.74, 6) is -0.0169. The zero-order chi connectivity index (χ0) is 19.4. The number of urea groups is 1. The van der Waals surface area contributed by atoms with Crippen LogP contribution >= 0.6 is 22.9 Å². The first-order chi connectivity index (χ1) is 12.9. The summed E-state index contributed by atoms with van der Waals surface area (Å²) in [4.78, 5) is 33.1. The van der Waals surface area contributed by atoms with E-state index in [4.69, 9.17) is 11.6 Å². The van der Waals surface area contributed by atoms with Crippen LogP contribution in [0.4, 0.5) is 10.5 Å². The lowest BCUT2D eigenvalue weighted by molar-refractivity contribution is 0.0787. The summed E-state index contributed by atoms with van der Waals surface area (Å²) in [6, 6.07) is 6.75. The molecule has 0 unspecified atom stereocenters. The summed E-state index contributed by atoms with van der Waals surface area (Å²) in [6.07, 6.45) is 2.10. The van der Waals surface area contributed by atoms with Crippen LogP contribution in [-0.2, 0) is 6.54 Å². The van der Waals surface area contributed by atoms with Crippen LogP contribution in [0.3, 0.4) is 0 Å². The second-order valence-corrected chi connectivity index (χ2v) is 8.16. The lowest BCUT2D eigenvalue weighted by Crippen LogP contribution is -2.39. The predicted octanol–water partition coefficient (Wildman–Crippen LogP) is 4.48. The molecule has 0 radical (unpaired) electrons. The van der Waals surface area contributed by atoms with E-state index in [2.05, 4.69) is 10.3 Å². The molecule has 2 heterocycles. The number of hydrogen-bond donors (Lipinski definition) is 1. The van der Waals surface area contributed by atoms with Crippen LogP contribution in [-0.4, -0.2) is 45.9 Å². The van der Waals surface area contributed by atoms with E-state index in [0.717, 1.165) is 30.9 Å². The molecular formula is C19H23ClN4O2S. The molecule has 144 valence electrons. The third-order valence-electron chi connectivity index (χ3n) is 4.45. The van der Waals surface area contributed by atoms with Gasteiger partial charge in [0.25, 0.3) is 5.91 Å². The second kappa shape index (κ2) is 8.71. The molecule has 2 aromatic rings. The van der Waals surface area contributed by atoms with E-state index in [1.54, 1.807) is 34.5 Å². The van der Waals surface area contributed by atoms with Gasteiger partial charge in [0.1, 0.15) is 10.7 Å². The molecule has 1 aromatic heterocycles. The summed E-state index contributed by atoms with van der Waals surface area (Å²) >= 11 is 7.29. The normalized spacial score (nSPS) is 13.9. The Morgan fingerprint density at radius 1 is 1.26 bits per heavy atom. The molecule has 3 rings (SSSR count). The van der Waals surface area contributed by atoms with Crippen molar-refractivity contribution in [2.24, 2.45) is 0 Å². The molecule has 0 aliphatic carbocycles. The highest BCUT2D eigenvalue weighted by atomic mass is 35.5. The minimum absolute atomic E-state index is 0.0149. The molecule has 1 aliphatic rings. The highest BCUT2D eigenvalue weighted by molar-refractivity contribution is 7.09. The van der Waals surface area contributed by atoms with Gasteiger partial charge in [0, 0.05) is 35.2 Å². The number of hydrogen-bond acceptors (Lipinski definition) is 4. The van der Waals surface area contributed by atoms with Gasteiger partial charge in [-0.3, -0.25) is 4.79 Å². The average Bonchev–Trinajstić information content (AvgIpc) is 3.32. The number of nitrogens with one attached hydrogen (secondary N) is 1. The second-order valence-electron chi connectivity index (χ2n) is 6.78. The lowest BCUT2D eigenvalue weighted by Gasteiger charge is -2.26. The van der Waals surface area contributed by atoms with Crippen LogP contribution in [0.1, 0.15) is 42.2 Å². The van der Waals surface area contributed by atoms with Crippen LogP contribution in [0.2, 0.25) is 5.02 Å². The summed E-state index contributed by atoms with van der Waals surface area (Å²) in [5, 5.41) is 6.02. The van der Waals surface area contributed by atoms with Gasteiger partial charge >= 0.3 is 6.03 Å². The summed E-state index contributed by atoms with van der Waals surface area (Å²) in [7, 11) is 0. The monoisotopic (exact) mass is 406 g/mol. The third-order valence-corrected chi connectivity index (χ3v) is 5.53. The van der Waals surface area contributed by atoms with Crippen LogP contribution in [0.25, 0.3) is 0 Å². The van der Waals surface area contributed by atoms with Gasteiger partial charge in [0.05, 0.1) is 6.54 Å². The molecule has 1 N–H and O–H groups in total. The molecule has 8 heteroatoms. The summed E-state index contributed by atoms with van der Waals surface area (Å²) < 4.78 is 0. The number of rotatable bonds is 5. The first kappa shape index (κ1) is 19.6. The third kappa shape index (κ3) is 4.99. The van der Waals surface area contributed by atoms with Crippen molar-refractivity contribution in [1.29, 1.82) is 0 Å². The first-order valence-corrected chi connectivity index (χ1v) is 10.3. The molecule has 3 amide bonds. The number of carbonyl (C=O) groups is 2. The Morgan fingerprint density at radius 2 is 1.93 bits per heavy atom. The molecule has 0 saturated carbocycles. The van der Waals surface area contributed by atoms with E-state index >= 15 is 0 Å². The Morgan fingerprint density at radius 3 is 2.56 bits per heavy atom. The van der Waals surface area contributed by atoms with E-state index in [1.165, 1.54) is 11.3 Å². The number of anilines is 1. The van der Waals surface area contributed by atoms with Crippen molar-refractivity contribution in [2.75, 3.05) is 18.4 Å². The molecule has 27 heavy (non-hydrogen) atoms. The van der Waals surface area contributed by atoms with Gasteiger partial charge < -0.3 is 15.1 Å². The lowest BCUT2D eigenvalue weighted by atomic mass is 10.3. The summed E-state index contributed by atoms with van der Waals surface area (Å²) in [5.41, 5.74) is 1.15. The van der Waals surface area contributed by atoms with Gasteiger partial charge in [-0.2, -0.15) is 0 Å². The molecule has 0 bridgehead atoms. The molecule has 1 fully saturated rings. The Bertz CT molecular complexity index is 800. The maximum atomic E-state index is 12.7.